The predicted molar refractivity (Wildman–Crippen MR) is 67.0 cm³/mol. The molecule has 0 amide bonds. The van der Waals surface area contributed by atoms with E-state index in [1.165, 1.54) is 0 Å². The molecule has 0 saturated heterocycles. The second-order valence-corrected chi connectivity index (χ2v) is 4.30. The van der Waals surface area contributed by atoms with Crippen molar-refractivity contribution in [3.05, 3.63) is 34.4 Å². The number of methoxy groups -OCH3 is 1. The molecule has 1 aromatic heterocycles. The Hall–Kier alpha value is -1.49. The first kappa shape index (κ1) is 11.0. The number of benzene rings is 1. The van der Waals surface area contributed by atoms with Crippen LogP contribution in [-0.2, 0) is 0 Å². The molecule has 0 unspecified atom stereocenters. The smallest absolute Gasteiger partial charge is 0.133 e. The highest BCUT2D eigenvalue weighted by Gasteiger charge is 2.07. The van der Waals surface area contributed by atoms with Crippen LogP contribution >= 0.6 is 15.9 Å². The van der Waals surface area contributed by atoms with Crippen molar-refractivity contribution in [2.45, 2.75) is 6.92 Å². The number of hydrogen-bond donors (Lipinski definition) is 1. The minimum Gasteiger partial charge on any atom is -0.496 e. The molecule has 2 aromatic rings. The molecule has 2 N–H and O–H groups in total. The summed E-state index contributed by atoms with van der Waals surface area (Å²) in [5.74, 6) is 1.40. The Morgan fingerprint density at radius 2 is 2.12 bits per heavy atom. The van der Waals surface area contributed by atoms with Crippen LogP contribution in [0.15, 0.2) is 28.7 Å². The Bertz CT molecular complexity index is 522. The molecule has 0 radical (unpaired) electrons. The van der Waals surface area contributed by atoms with Gasteiger partial charge in [-0.05, 0) is 41.1 Å². The van der Waals surface area contributed by atoms with E-state index in [-0.39, 0.29) is 0 Å². The summed E-state index contributed by atoms with van der Waals surface area (Å²) in [6, 6.07) is 7.53. The van der Waals surface area contributed by atoms with E-state index < -0.39 is 0 Å². The Morgan fingerprint density at radius 3 is 2.62 bits per heavy atom. The number of nitrogens with two attached hydrogens (primary N) is 1. The summed E-state index contributed by atoms with van der Waals surface area (Å²) < 4.78 is 7.73. The fourth-order valence-electron chi connectivity index (χ4n) is 1.51. The van der Waals surface area contributed by atoms with E-state index in [9.17, 15) is 0 Å². The molecule has 0 fully saturated rings. The molecular weight excluding hydrogens is 270 g/mol. The van der Waals surface area contributed by atoms with E-state index in [2.05, 4.69) is 21.0 Å². The topological polar surface area (TPSA) is 53.1 Å². The van der Waals surface area contributed by atoms with Crippen molar-refractivity contribution in [3.63, 3.8) is 0 Å². The monoisotopic (exact) mass is 281 g/mol. The summed E-state index contributed by atoms with van der Waals surface area (Å²) in [4.78, 5) is 0. The highest BCUT2D eigenvalue weighted by Crippen LogP contribution is 2.27. The van der Waals surface area contributed by atoms with Crippen LogP contribution in [0.1, 0.15) is 5.69 Å². The lowest BCUT2D eigenvalue weighted by Gasteiger charge is -2.07. The lowest BCUT2D eigenvalue weighted by molar-refractivity contribution is 0.412. The lowest BCUT2D eigenvalue weighted by Crippen LogP contribution is -2.01. The van der Waals surface area contributed by atoms with Gasteiger partial charge in [-0.2, -0.15) is 5.10 Å². The number of ether oxygens (including phenoxy) is 1. The molecular formula is C11H12BrN3O. The van der Waals surface area contributed by atoms with E-state index in [1.54, 1.807) is 11.8 Å². The Balaban J connectivity index is 2.49. The molecule has 0 aliphatic carbocycles. The normalized spacial score (nSPS) is 10.4. The highest BCUT2D eigenvalue weighted by atomic mass is 79.9. The van der Waals surface area contributed by atoms with Crippen molar-refractivity contribution in [2.75, 3.05) is 12.8 Å². The van der Waals surface area contributed by atoms with Crippen molar-refractivity contribution in [3.8, 4) is 11.4 Å². The molecule has 2 rings (SSSR count). The van der Waals surface area contributed by atoms with Crippen molar-refractivity contribution in [1.29, 1.82) is 0 Å². The molecule has 5 heteroatoms. The Labute approximate surface area is 102 Å². The van der Waals surface area contributed by atoms with Crippen LogP contribution in [0.4, 0.5) is 5.82 Å². The van der Waals surface area contributed by atoms with Crippen LogP contribution in [-0.4, -0.2) is 16.9 Å². The summed E-state index contributed by atoms with van der Waals surface area (Å²) in [6.07, 6.45) is 0. The minimum atomic E-state index is 0.620. The summed E-state index contributed by atoms with van der Waals surface area (Å²) in [7, 11) is 1.63. The number of nitrogens with zero attached hydrogens (tertiary/aromatic N) is 2. The van der Waals surface area contributed by atoms with Crippen LogP contribution in [0.25, 0.3) is 5.69 Å². The van der Waals surface area contributed by atoms with E-state index in [4.69, 9.17) is 10.5 Å². The van der Waals surface area contributed by atoms with Crippen LogP contribution in [0.5, 0.6) is 5.75 Å². The first-order valence-electron chi connectivity index (χ1n) is 4.78. The number of hydrogen-bond acceptors (Lipinski definition) is 3. The molecule has 0 aliphatic heterocycles. The number of halogens is 1. The predicted octanol–water partition coefficient (Wildman–Crippen LogP) is 2.53. The second-order valence-electron chi connectivity index (χ2n) is 3.44. The third kappa shape index (κ3) is 1.90. The standard InChI is InChI=1S/C11H12BrN3O/c1-7-5-11(13)15(14-7)8-3-4-10(16-2)9(12)6-8/h3-6H,13H2,1-2H3. The van der Waals surface area contributed by atoms with E-state index in [0.29, 0.717) is 5.82 Å². The van der Waals surface area contributed by atoms with Gasteiger partial charge in [0.05, 0.1) is 23.0 Å². The van der Waals surface area contributed by atoms with Gasteiger partial charge in [-0.3, -0.25) is 0 Å². The molecule has 84 valence electrons. The number of aromatic nitrogens is 2. The first-order chi connectivity index (χ1) is 7.61. The molecule has 1 aromatic carbocycles. The maximum absolute atomic E-state index is 5.85. The number of anilines is 1. The van der Waals surface area contributed by atoms with Gasteiger partial charge in [0.25, 0.3) is 0 Å². The molecule has 0 atom stereocenters. The van der Waals surface area contributed by atoms with Gasteiger partial charge in [0.15, 0.2) is 0 Å². The summed E-state index contributed by atoms with van der Waals surface area (Å²) in [6.45, 7) is 1.91. The SMILES string of the molecule is COc1ccc(-n2nc(C)cc2N)cc1Br. The third-order valence-corrected chi connectivity index (χ3v) is 2.86. The van der Waals surface area contributed by atoms with Crippen LogP contribution in [0, 0.1) is 6.92 Å². The fourth-order valence-corrected chi connectivity index (χ4v) is 2.04. The zero-order valence-corrected chi connectivity index (χ0v) is 10.7. The maximum atomic E-state index is 5.85. The number of aryl methyl sites for hydroxylation is 1. The zero-order valence-electron chi connectivity index (χ0n) is 9.07. The Kier molecular flexibility index (Phi) is 2.87. The van der Waals surface area contributed by atoms with Gasteiger partial charge in [0, 0.05) is 6.07 Å². The number of rotatable bonds is 2. The average molecular weight is 282 g/mol. The molecule has 1 heterocycles. The minimum absolute atomic E-state index is 0.620. The maximum Gasteiger partial charge on any atom is 0.133 e. The fraction of sp³-hybridized carbons (Fsp3) is 0.182. The van der Waals surface area contributed by atoms with Crippen LogP contribution in [0.2, 0.25) is 0 Å². The van der Waals surface area contributed by atoms with E-state index in [0.717, 1.165) is 21.6 Å². The highest BCUT2D eigenvalue weighted by molar-refractivity contribution is 9.10. The molecule has 0 aliphatic rings. The van der Waals surface area contributed by atoms with Gasteiger partial charge in [0.2, 0.25) is 0 Å². The van der Waals surface area contributed by atoms with Gasteiger partial charge in [0.1, 0.15) is 11.6 Å². The van der Waals surface area contributed by atoms with E-state index in [1.807, 2.05) is 31.2 Å². The van der Waals surface area contributed by atoms with Gasteiger partial charge in [-0.15, -0.1) is 0 Å². The molecule has 16 heavy (non-hydrogen) atoms. The van der Waals surface area contributed by atoms with E-state index >= 15 is 0 Å². The van der Waals surface area contributed by atoms with Gasteiger partial charge < -0.3 is 10.5 Å². The molecule has 0 spiro atoms. The third-order valence-electron chi connectivity index (χ3n) is 2.24. The molecule has 0 saturated carbocycles. The largest absolute Gasteiger partial charge is 0.496 e. The summed E-state index contributed by atoms with van der Waals surface area (Å²) in [5.41, 5.74) is 7.64. The van der Waals surface area contributed by atoms with Crippen LogP contribution < -0.4 is 10.5 Å². The number of nitrogen functional groups attached to an aromatic ring is 1. The Morgan fingerprint density at radius 1 is 1.38 bits per heavy atom. The van der Waals surface area contributed by atoms with Crippen LogP contribution in [0.3, 0.4) is 0 Å². The quantitative estimate of drug-likeness (QED) is 0.920. The molecule has 4 nitrogen and oxygen atoms in total. The van der Waals surface area contributed by atoms with Gasteiger partial charge in [-0.1, -0.05) is 0 Å². The summed E-state index contributed by atoms with van der Waals surface area (Å²) in [5, 5.41) is 4.31. The first-order valence-corrected chi connectivity index (χ1v) is 5.57. The summed E-state index contributed by atoms with van der Waals surface area (Å²) >= 11 is 3.43. The van der Waals surface area contributed by atoms with Crippen molar-refractivity contribution < 1.29 is 4.74 Å². The van der Waals surface area contributed by atoms with Crippen molar-refractivity contribution in [1.82, 2.24) is 9.78 Å². The van der Waals surface area contributed by atoms with Crippen molar-refractivity contribution in [2.24, 2.45) is 0 Å². The second kappa shape index (κ2) is 4.17. The lowest BCUT2D eigenvalue weighted by atomic mass is 10.3. The average Bonchev–Trinajstić information content (AvgIpc) is 2.58. The molecule has 0 bridgehead atoms. The van der Waals surface area contributed by atoms with Gasteiger partial charge >= 0.3 is 0 Å². The van der Waals surface area contributed by atoms with Gasteiger partial charge in [-0.25, -0.2) is 4.68 Å². The van der Waals surface area contributed by atoms with Crippen molar-refractivity contribution >= 4 is 21.7 Å². The zero-order chi connectivity index (χ0) is 11.7.